The minimum Gasteiger partial charge on any atom is -0.356 e. The van der Waals surface area contributed by atoms with Gasteiger partial charge in [-0.1, -0.05) is 13.3 Å². The molecule has 26 heavy (non-hydrogen) atoms. The van der Waals surface area contributed by atoms with Gasteiger partial charge in [-0.05, 0) is 19.3 Å². The average Bonchev–Trinajstić information content (AvgIpc) is 3.09. The lowest BCUT2D eigenvalue weighted by Gasteiger charge is -2.33. The molecule has 2 aromatic heterocycles. The smallest absolute Gasteiger partial charge is 0.356 e. The first kappa shape index (κ1) is 18.4. The number of unbranched alkanes of at least 4 members (excludes halogenated alkanes) is 1. The summed E-state index contributed by atoms with van der Waals surface area (Å²) in [7, 11) is 0. The first-order chi connectivity index (χ1) is 12.4. The third-order valence-electron chi connectivity index (χ3n) is 4.47. The van der Waals surface area contributed by atoms with Gasteiger partial charge in [-0.15, -0.1) is 0 Å². The summed E-state index contributed by atoms with van der Waals surface area (Å²) >= 11 is 0. The Morgan fingerprint density at radius 1 is 1.42 bits per heavy atom. The molecule has 1 fully saturated rings. The number of amides is 1. The Labute approximate surface area is 148 Å². The maximum absolute atomic E-state index is 13.1. The number of aromatic nitrogens is 4. The zero-order valence-electron chi connectivity index (χ0n) is 14.5. The number of carbonyl (C=O) groups is 1. The average molecular weight is 370 g/mol. The molecule has 142 valence electrons. The van der Waals surface area contributed by atoms with Crippen LogP contribution in [0.15, 0.2) is 12.4 Å². The van der Waals surface area contributed by atoms with Crippen molar-refractivity contribution < 1.29 is 18.0 Å². The number of halogens is 3. The molecule has 1 N–H and O–H groups in total. The molecule has 3 rings (SSSR count). The summed E-state index contributed by atoms with van der Waals surface area (Å²) in [6, 6.07) is 0.971. The fraction of sp³-hybridized carbons (Fsp3) is 0.625. The quantitative estimate of drug-likeness (QED) is 0.818. The Morgan fingerprint density at radius 2 is 2.23 bits per heavy atom. The molecule has 1 aliphatic heterocycles. The van der Waals surface area contributed by atoms with Gasteiger partial charge in [0.1, 0.15) is 12.1 Å². The minimum atomic E-state index is -4.57. The second-order valence-electron chi connectivity index (χ2n) is 6.40. The van der Waals surface area contributed by atoms with E-state index < -0.39 is 11.9 Å². The molecule has 0 radical (unpaired) electrons. The van der Waals surface area contributed by atoms with Crippen LogP contribution >= 0.6 is 0 Å². The summed E-state index contributed by atoms with van der Waals surface area (Å²) in [5.74, 6) is -0.167. The molecule has 3 heterocycles. The summed E-state index contributed by atoms with van der Waals surface area (Å²) in [6.07, 6.45) is -0.0857. The standard InChI is InChI=1S/C16H21F3N6O/c1-2-3-6-20-14(26)11-5-4-7-24(9-11)13-8-12(16(17,18)19)23-15-21-10-22-25(13)15/h8,10-11H,2-7,9H2,1H3,(H,20,26). The Hall–Kier alpha value is -2.39. The van der Waals surface area contributed by atoms with Gasteiger partial charge in [0.25, 0.3) is 5.78 Å². The van der Waals surface area contributed by atoms with Crippen LogP contribution in [-0.4, -0.2) is 45.1 Å². The van der Waals surface area contributed by atoms with E-state index in [0.29, 0.717) is 32.5 Å². The van der Waals surface area contributed by atoms with Crippen LogP contribution in [0.3, 0.4) is 0 Å². The van der Waals surface area contributed by atoms with E-state index >= 15 is 0 Å². The van der Waals surface area contributed by atoms with E-state index in [-0.39, 0.29) is 23.4 Å². The summed E-state index contributed by atoms with van der Waals surface area (Å²) in [5.41, 5.74) is -1.01. The maximum Gasteiger partial charge on any atom is 0.433 e. The lowest BCUT2D eigenvalue weighted by atomic mass is 9.97. The summed E-state index contributed by atoms with van der Waals surface area (Å²) in [5, 5.41) is 6.88. The lowest BCUT2D eigenvalue weighted by Crippen LogP contribution is -2.44. The number of alkyl halides is 3. The molecule has 0 bridgehead atoms. The molecule has 1 aliphatic rings. The van der Waals surface area contributed by atoms with Gasteiger partial charge in [-0.25, -0.2) is 4.98 Å². The normalized spacial score (nSPS) is 18.3. The maximum atomic E-state index is 13.1. The van der Waals surface area contributed by atoms with E-state index in [1.807, 2.05) is 6.92 Å². The Morgan fingerprint density at radius 3 is 2.96 bits per heavy atom. The summed E-state index contributed by atoms with van der Waals surface area (Å²) in [6.45, 7) is 3.55. The number of nitrogens with zero attached hydrogens (tertiary/aromatic N) is 5. The lowest BCUT2D eigenvalue weighted by molar-refractivity contribution is -0.141. The van der Waals surface area contributed by atoms with Crippen molar-refractivity contribution in [1.29, 1.82) is 0 Å². The molecule has 0 aliphatic carbocycles. The highest BCUT2D eigenvalue weighted by atomic mass is 19.4. The molecular formula is C16H21F3N6O. The highest BCUT2D eigenvalue weighted by Gasteiger charge is 2.35. The van der Waals surface area contributed by atoms with Crippen LogP contribution in [0.25, 0.3) is 5.78 Å². The Bertz CT molecular complexity index is 775. The largest absolute Gasteiger partial charge is 0.433 e. The molecule has 1 saturated heterocycles. The highest BCUT2D eigenvalue weighted by Crippen LogP contribution is 2.31. The van der Waals surface area contributed by atoms with Crippen molar-refractivity contribution in [2.45, 2.75) is 38.8 Å². The van der Waals surface area contributed by atoms with E-state index in [2.05, 4.69) is 20.4 Å². The van der Waals surface area contributed by atoms with Crippen molar-refractivity contribution in [2.24, 2.45) is 5.92 Å². The number of nitrogens with one attached hydrogen (secondary N) is 1. The molecule has 0 saturated carbocycles. The SMILES string of the molecule is CCCCNC(=O)C1CCCN(c2cc(C(F)(F)F)nc3ncnn23)C1. The van der Waals surface area contributed by atoms with Gasteiger partial charge < -0.3 is 10.2 Å². The van der Waals surface area contributed by atoms with Crippen LogP contribution in [0.4, 0.5) is 19.0 Å². The number of fused-ring (bicyclic) bond motifs is 1. The van der Waals surface area contributed by atoms with E-state index in [1.165, 1.54) is 10.8 Å². The number of anilines is 1. The van der Waals surface area contributed by atoms with Crippen molar-refractivity contribution in [3.8, 4) is 0 Å². The number of hydrogen-bond acceptors (Lipinski definition) is 5. The van der Waals surface area contributed by atoms with Crippen molar-refractivity contribution in [2.75, 3.05) is 24.5 Å². The monoisotopic (exact) mass is 370 g/mol. The second kappa shape index (κ2) is 7.46. The van der Waals surface area contributed by atoms with Gasteiger partial charge in [0.05, 0.1) is 5.92 Å². The molecule has 1 amide bonds. The minimum absolute atomic E-state index is 0.0527. The van der Waals surface area contributed by atoms with Crippen LogP contribution in [0, 0.1) is 5.92 Å². The van der Waals surface area contributed by atoms with Gasteiger partial charge in [0.15, 0.2) is 5.69 Å². The highest BCUT2D eigenvalue weighted by molar-refractivity contribution is 5.79. The van der Waals surface area contributed by atoms with Gasteiger partial charge in [-0.2, -0.15) is 27.8 Å². The molecule has 0 spiro atoms. The van der Waals surface area contributed by atoms with Crippen LogP contribution in [0.2, 0.25) is 0 Å². The van der Waals surface area contributed by atoms with E-state index in [4.69, 9.17) is 0 Å². The van der Waals surface area contributed by atoms with Crippen molar-refractivity contribution in [3.63, 3.8) is 0 Å². The zero-order valence-corrected chi connectivity index (χ0v) is 14.5. The predicted octanol–water partition coefficient (Wildman–Crippen LogP) is 2.28. The third kappa shape index (κ3) is 3.88. The van der Waals surface area contributed by atoms with Gasteiger partial charge in [0.2, 0.25) is 5.91 Å². The fourth-order valence-electron chi connectivity index (χ4n) is 3.10. The predicted molar refractivity (Wildman–Crippen MR) is 88.6 cm³/mol. The number of carbonyl (C=O) groups excluding carboxylic acids is 1. The fourth-order valence-corrected chi connectivity index (χ4v) is 3.10. The van der Waals surface area contributed by atoms with E-state index in [1.54, 1.807) is 4.90 Å². The van der Waals surface area contributed by atoms with Crippen molar-refractivity contribution in [3.05, 3.63) is 18.1 Å². The van der Waals surface area contributed by atoms with Crippen LogP contribution in [-0.2, 0) is 11.0 Å². The molecule has 10 heteroatoms. The van der Waals surface area contributed by atoms with Gasteiger partial charge >= 0.3 is 6.18 Å². The van der Waals surface area contributed by atoms with Crippen LogP contribution < -0.4 is 10.2 Å². The van der Waals surface area contributed by atoms with E-state index in [9.17, 15) is 18.0 Å². The Kier molecular flexibility index (Phi) is 5.28. The first-order valence-corrected chi connectivity index (χ1v) is 8.70. The first-order valence-electron chi connectivity index (χ1n) is 8.70. The molecule has 1 atom stereocenters. The summed E-state index contributed by atoms with van der Waals surface area (Å²) < 4.78 is 40.7. The number of rotatable bonds is 5. The number of hydrogen-bond donors (Lipinski definition) is 1. The zero-order chi connectivity index (χ0) is 18.7. The Balaban J connectivity index is 1.84. The topological polar surface area (TPSA) is 75.4 Å². The number of piperidine rings is 1. The van der Waals surface area contributed by atoms with Crippen LogP contribution in [0.5, 0.6) is 0 Å². The van der Waals surface area contributed by atoms with Gasteiger partial charge in [-0.3, -0.25) is 4.79 Å². The molecule has 2 aromatic rings. The summed E-state index contributed by atoms with van der Waals surface area (Å²) in [4.78, 5) is 21.4. The second-order valence-corrected chi connectivity index (χ2v) is 6.40. The van der Waals surface area contributed by atoms with Crippen molar-refractivity contribution in [1.82, 2.24) is 24.9 Å². The van der Waals surface area contributed by atoms with Gasteiger partial charge in [0, 0.05) is 25.7 Å². The third-order valence-corrected chi connectivity index (χ3v) is 4.47. The molecule has 1 unspecified atom stereocenters. The van der Waals surface area contributed by atoms with Crippen molar-refractivity contribution >= 4 is 17.5 Å². The molecule has 7 nitrogen and oxygen atoms in total. The van der Waals surface area contributed by atoms with E-state index in [0.717, 1.165) is 18.9 Å². The van der Waals surface area contributed by atoms with Crippen LogP contribution in [0.1, 0.15) is 38.3 Å². The molecular weight excluding hydrogens is 349 g/mol. The molecule has 0 aromatic carbocycles.